The van der Waals surface area contributed by atoms with E-state index >= 15 is 0 Å². The highest BCUT2D eigenvalue weighted by molar-refractivity contribution is 5.84. The molecule has 0 aliphatic carbocycles. The van der Waals surface area contributed by atoms with E-state index in [4.69, 9.17) is 5.11 Å². The first kappa shape index (κ1) is 14.2. The van der Waals surface area contributed by atoms with Crippen molar-refractivity contribution < 1.29 is 14.3 Å². The number of rotatable bonds is 3. The van der Waals surface area contributed by atoms with E-state index in [1.165, 1.54) is 18.5 Å². The van der Waals surface area contributed by atoms with Gasteiger partial charge in [-0.2, -0.15) is 0 Å². The molecule has 1 N–H and O–H groups in total. The molecule has 0 bridgehead atoms. The molecular formula is C15H15FN4O2. The minimum atomic E-state index is -1.09. The summed E-state index contributed by atoms with van der Waals surface area (Å²) in [5, 5.41) is 8.81. The number of halogens is 1. The number of aromatic nitrogens is 2. The summed E-state index contributed by atoms with van der Waals surface area (Å²) in [5.41, 5.74) is 0.531. The number of carboxylic acid groups (broad SMARTS) is 1. The molecule has 1 aliphatic heterocycles. The van der Waals surface area contributed by atoms with Gasteiger partial charge >= 0.3 is 5.97 Å². The van der Waals surface area contributed by atoms with Crippen molar-refractivity contribution in [3.05, 3.63) is 48.2 Å². The second kappa shape index (κ2) is 5.97. The molecule has 7 heteroatoms. The monoisotopic (exact) mass is 302 g/mol. The van der Waals surface area contributed by atoms with E-state index in [0.29, 0.717) is 37.7 Å². The molecule has 1 aromatic carbocycles. The van der Waals surface area contributed by atoms with Crippen molar-refractivity contribution in [1.82, 2.24) is 9.97 Å². The van der Waals surface area contributed by atoms with Crippen molar-refractivity contribution in [2.24, 2.45) is 0 Å². The van der Waals surface area contributed by atoms with Crippen LogP contribution < -0.4 is 9.80 Å². The number of carboxylic acids is 1. The molecule has 1 aliphatic rings. The third kappa shape index (κ3) is 2.83. The molecule has 0 amide bonds. The fraction of sp³-hybridized carbons (Fsp3) is 0.267. The molecule has 6 nitrogen and oxygen atoms in total. The van der Waals surface area contributed by atoms with Crippen LogP contribution in [0.25, 0.3) is 0 Å². The largest absolute Gasteiger partial charge is 0.476 e. The molecule has 22 heavy (non-hydrogen) atoms. The molecule has 2 aromatic rings. The van der Waals surface area contributed by atoms with Crippen LogP contribution >= 0.6 is 0 Å². The van der Waals surface area contributed by atoms with E-state index in [1.54, 1.807) is 12.1 Å². The number of carbonyl (C=O) groups is 1. The number of hydrogen-bond acceptors (Lipinski definition) is 5. The first-order valence-electron chi connectivity index (χ1n) is 6.95. The van der Waals surface area contributed by atoms with Crippen molar-refractivity contribution in [1.29, 1.82) is 0 Å². The van der Waals surface area contributed by atoms with Crippen molar-refractivity contribution >= 4 is 17.5 Å². The summed E-state index contributed by atoms with van der Waals surface area (Å²) < 4.78 is 13.8. The van der Waals surface area contributed by atoms with Gasteiger partial charge in [0.15, 0.2) is 5.69 Å². The van der Waals surface area contributed by atoms with E-state index in [1.807, 2.05) is 15.9 Å². The summed E-state index contributed by atoms with van der Waals surface area (Å²) in [6.45, 7) is 2.69. The summed E-state index contributed by atoms with van der Waals surface area (Å²) >= 11 is 0. The van der Waals surface area contributed by atoms with E-state index in [-0.39, 0.29) is 11.5 Å². The fourth-order valence-corrected chi connectivity index (χ4v) is 2.48. The smallest absolute Gasteiger partial charge is 0.356 e. The van der Waals surface area contributed by atoms with Crippen LogP contribution in [-0.4, -0.2) is 47.2 Å². The Kier molecular flexibility index (Phi) is 3.86. The van der Waals surface area contributed by atoms with Gasteiger partial charge in [0.25, 0.3) is 0 Å². The maximum atomic E-state index is 13.8. The summed E-state index contributed by atoms with van der Waals surface area (Å²) in [7, 11) is 0. The van der Waals surface area contributed by atoms with Crippen LogP contribution in [0.4, 0.5) is 15.9 Å². The lowest BCUT2D eigenvalue weighted by Crippen LogP contribution is -2.47. The molecule has 0 unspecified atom stereocenters. The zero-order chi connectivity index (χ0) is 15.5. The Bertz CT molecular complexity index is 669. The van der Waals surface area contributed by atoms with Crippen molar-refractivity contribution in [2.45, 2.75) is 0 Å². The highest BCUT2D eigenvalue weighted by atomic mass is 19.1. The molecule has 0 spiro atoms. The standard InChI is InChI=1S/C15H15FN4O2/c16-11-3-1-2-4-13(11)19-5-7-20(8-6-19)14-10-17-12(9-18-14)15(21)22/h1-4,9-10H,5-8H2,(H,21,22). The van der Waals surface area contributed by atoms with Crippen LogP contribution in [0.15, 0.2) is 36.7 Å². The van der Waals surface area contributed by atoms with E-state index in [0.717, 1.165) is 0 Å². The van der Waals surface area contributed by atoms with Gasteiger partial charge in [0.05, 0.1) is 18.1 Å². The summed E-state index contributed by atoms with van der Waals surface area (Å²) in [6.07, 6.45) is 2.71. The van der Waals surface area contributed by atoms with Gasteiger partial charge in [-0.15, -0.1) is 0 Å². The minimum Gasteiger partial charge on any atom is -0.476 e. The zero-order valence-corrected chi connectivity index (χ0v) is 11.8. The van der Waals surface area contributed by atoms with E-state index < -0.39 is 5.97 Å². The Morgan fingerprint density at radius 2 is 1.73 bits per heavy atom. The lowest BCUT2D eigenvalue weighted by atomic mass is 10.2. The molecule has 2 heterocycles. The van der Waals surface area contributed by atoms with Crippen LogP contribution in [0.5, 0.6) is 0 Å². The number of benzene rings is 1. The maximum Gasteiger partial charge on any atom is 0.356 e. The molecule has 1 fully saturated rings. The third-order valence-electron chi connectivity index (χ3n) is 3.65. The second-order valence-corrected chi connectivity index (χ2v) is 4.99. The SMILES string of the molecule is O=C(O)c1cnc(N2CCN(c3ccccc3F)CC2)cn1. The van der Waals surface area contributed by atoms with Gasteiger partial charge < -0.3 is 14.9 Å². The predicted octanol–water partition coefficient (Wildman–Crippen LogP) is 1.64. The zero-order valence-electron chi connectivity index (χ0n) is 11.8. The van der Waals surface area contributed by atoms with Gasteiger partial charge in [-0.3, -0.25) is 0 Å². The first-order valence-corrected chi connectivity index (χ1v) is 6.95. The van der Waals surface area contributed by atoms with Gasteiger partial charge in [-0.05, 0) is 12.1 Å². The lowest BCUT2D eigenvalue weighted by molar-refractivity contribution is 0.0690. The number of nitrogens with zero attached hydrogens (tertiary/aromatic N) is 4. The average Bonchev–Trinajstić information content (AvgIpc) is 2.56. The predicted molar refractivity (Wildman–Crippen MR) is 79.8 cm³/mol. The van der Waals surface area contributed by atoms with Crippen LogP contribution in [0.3, 0.4) is 0 Å². The minimum absolute atomic E-state index is 0.0752. The third-order valence-corrected chi connectivity index (χ3v) is 3.65. The quantitative estimate of drug-likeness (QED) is 0.929. The van der Waals surface area contributed by atoms with Crippen LogP contribution in [-0.2, 0) is 0 Å². The van der Waals surface area contributed by atoms with E-state index in [9.17, 15) is 9.18 Å². The first-order chi connectivity index (χ1) is 10.6. The number of para-hydroxylation sites is 1. The molecule has 1 saturated heterocycles. The number of aromatic carboxylic acids is 1. The number of anilines is 2. The molecule has 0 saturated carbocycles. The molecule has 114 valence electrons. The van der Waals surface area contributed by atoms with Crippen LogP contribution in [0.2, 0.25) is 0 Å². The normalized spacial score (nSPS) is 15.0. The summed E-state index contributed by atoms with van der Waals surface area (Å²) in [6, 6.07) is 6.72. The molecule has 3 rings (SSSR count). The molecule has 0 radical (unpaired) electrons. The van der Waals surface area contributed by atoms with Gasteiger partial charge in [0.2, 0.25) is 0 Å². The highest BCUT2D eigenvalue weighted by Gasteiger charge is 2.20. The Morgan fingerprint density at radius 1 is 1.05 bits per heavy atom. The van der Waals surface area contributed by atoms with Crippen molar-refractivity contribution in [2.75, 3.05) is 36.0 Å². The summed E-state index contributed by atoms with van der Waals surface area (Å²) in [4.78, 5) is 22.8. The van der Waals surface area contributed by atoms with E-state index in [2.05, 4.69) is 9.97 Å². The average molecular weight is 302 g/mol. The van der Waals surface area contributed by atoms with Crippen molar-refractivity contribution in [3.8, 4) is 0 Å². The second-order valence-electron chi connectivity index (χ2n) is 4.99. The van der Waals surface area contributed by atoms with Gasteiger partial charge in [-0.25, -0.2) is 19.2 Å². The Labute approximate surface area is 126 Å². The topological polar surface area (TPSA) is 69.6 Å². The highest BCUT2D eigenvalue weighted by Crippen LogP contribution is 2.21. The van der Waals surface area contributed by atoms with Crippen LogP contribution in [0.1, 0.15) is 10.5 Å². The molecule has 0 atom stereocenters. The Balaban J connectivity index is 1.66. The van der Waals surface area contributed by atoms with Gasteiger partial charge in [0, 0.05) is 26.2 Å². The number of hydrogen-bond donors (Lipinski definition) is 1. The number of piperazine rings is 1. The molecular weight excluding hydrogens is 287 g/mol. The Morgan fingerprint density at radius 3 is 2.32 bits per heavy atom. The van der Waals surface area contributed by atoms with Gasteiger partial charge in [0.1, 0.15) is 11.6 Å². The fourth-order valence-electron chi connectivity index (χ4n) is 2.48. The lowest BCUT2D eigenvalue weighted by Gasteiger charge is -2.36. The maximum absolute atomic E-state index is 13.8. The molecule has 1 aromatic heterocycles. The Hall–Kier alpha value is -2.70. The van der Waals surface area contributed by atoms with Gasteiger partial charge in [-0.1, -0.05) is 12.1 Å². The summed E-state index contributed by atoms with van der Waals surface area (Å²) in [5.74, 6) is -0.678. The van der Waals surface area contributed by atoms with Crippen LogP contribution in [0, 0.1) is 5.82 Å². The van der Waals surface area contributed by atoms with Crippen molar-refractivity contribution in [3.63, 3.8) is 0 Å².